The molecule has 2 nitrogen and oxygen atoms in total. The van der Waals surface area contributed by atoms with Gasteiger partial charge in [-0.25, -0.2) is 0 Å². The average Bonchev–Trinajstić information content (AvgIpc) is 2.13. The van der Waals surface area contributed by atoms with E-state index in [1.54, 1.807) is 0 Å². The summed E-state index contributed by atoms with van der Waals surface area (Å²) in [6.45, 7) is 15.9. The van der Waals surface area contributed by atoms with E-state index in [1.807, 2.05) is 18.7 Å². The second-order valence-electron chi connectivity index (χ2n) is 6.74. The van der Waals surface area contributed by atoms with Gasteiger partial charge in [0.15, 0.2) is 0 Å². The van der Waals surface area contributed by atoms with Gasteiger partial charge >= 0.3 is 0 Å². The molecule has 0 aromatic carbocycles. The van der Waals surface area contributed by atoms with Crippen molar-refractivity contribution >= 4 is 17.5 Å². The number of nitrogens with one attached hydrogen (secondary N) is 1. The van der Waals surface area contributed by atoms with Crippen LogP contribution in [0.3, 0.4) is 0 Å². The lowest BCUT2D eigenvalue weighted by molar-refractivity contribution is -0.120. The predicted octanol–water partition coefficient (Wildman–Crippen LogP) is 3.50. The third kappa shape index (κ3) is 9.66. The minimum atomic E-state index is 0.00319. The molecule has 0 aromatic rings. The predicted molar refractivity (Wildman–Crippen MR) is 78.8 cm³/mol. The van der Waals surface area contributed by atoms with Crippen LogP contribution in [0.5, 0.6) is 0 Å². The van der Waals surface area contributed by atoms with Crippen molar-refractivity contribution in [2.24, 2.45) is 5.41 Å². The van der Waals surface area contributed by atoms with Crippen molar-refractivity contribution < 1.29 is 4.79 Å². The second kappa shape index (κ2) is 6.79. The minimum Gasteiger partial charge on any atom is -0.306 e. The molecular weight excluding hydrogens is 230 g/mol. The van der Waals surface area contributed by atoms with Gasteiger partial charge in [-0.2, -0.15) is 11.8 Å². The van der Waals surface area contributed by atoms with Crippen LogP contribution in [0.1, 0.15) is 54.9 Å². The minimum absolute atomic E-state index is 0.00319. The zero-order chi connectivity index (χ0) is 13.7. The Kier molecular flexibility index (Phi) is 6.78. The number of hydrogen-bond acceptors (Lipinski definition) is 3. The van der Waals surface area contributed by atoms with E-state index in [9.17, 15) is 4.79 Å². The van der Waals surface area contributed by atoms with Crippen molar-refractivity contribution in [2.75, 3.05) is 12.3 Å². The van der Waals surface area contributed by atoms with Gasteiger partial charge in [-0.1, -0.05) is 48.5 Å². The molecule has 0 saturated carbocycles. The Morgan fingerprint density at radius 3 is 2.06 bits per heavy atom. The maximum absolute atomic E-state index is 11.9. The fraction of sp³-hybridized carbons (Fsp3) is 0.929. The van der Waals surface area contributed by atoms with Crippen LogP contribution in [0.25, 0.3) is 0 Å². The van der Waals surface area contributed by atoms with E-state index in [2.05, 4.69) is 46.9 Å². The second-order valence-corrected chi connectivity index (χ2v) is 8.58. The summed E-state index contributed by atoms with van der Waals surface area (Å²) >= 11 is 1.85. The lowest BCUT2D eigenvalue weighted by Crippen LogP contribution is -2.43. The molecule has 1 unspecified atom stereocenters. The topological polar surface area (TPSA) is 29.1 Å². The monoisotopic (exact) mass is 259 g/mol. The van der Waals surface area contributed by atoms with Gasteiger partial charge in [0.25, 0.3) is 0 Å². The first-order valence-electron chi connectivity index (χ1n) is 6.45. The van der Waals surface area contributed by atoms with E-state index in [-0.39, 0.29) is 16.2 Å². The highest BCUT2D eigenvalue weighted by atomic mass is 32.2. The fourth-order valence-corrected chi connectivity index (χ4v) is 2.25. The number of rotatable bonds is 6. The standard InChI is InChI=1S/C14H29NOS/c1-8-12(16)11(9-17-14(5,6)7)15-10-13(2,3)4/h11,15H,8-10H2,1-7H3. The Balaban J connectivity index is 4.30. The Hall–Kier alpha value is -0.0200. The number of ketones is 1. The zero-order valence-electron chi connectivity index (χ0n) is 12.5. The number of carbonyl (C=O) groups excluding carboxylic acids is 1. The van der Waals surface area contributed by atoms with Gasteiger partial charge in [0, 0.05) is 23.5 Å². The van der Waals surface area contributed by atoms with E-state index in [4.69, 9.17) is 0 Å². The van der Waals surface area contributed by atoms with Crippen molar-refractivity contribution in [1.82, 2.24) is 5.32 Å². The summed E-state index contributed by atoms with van der Waals surface area (Å²) in [5.74, 6) is 1.19. The highest BCUT2D eigenvalue weighted by Gasteiger charge is 2.22. The largest absolute Gasteiger partial charge is 0.306 e. The van der Waals surface area contributed by atoms with Crippen LogP contribution in [0, 0.1) is 5.41 Å². The van der Waals surface area contributed by atoms with E-state index < -0.39 is 0 Å². The summed E-state index contributed by atoms with van der Waals surface area (Å²) in [6.07, 6.45) is 0.618. The summed E-state index contributed by atoms with van der Waals surface area (Å²) < 4.78 is 0.218. The third-order valence-corrected chi connectivity index (χ3v) is 3.66. The molecule has 0 rings (SSSR count). The lowest BCUT2D eigenvalue weighted by atomic mass is 9.96. The van der Waals surface area contributed by atoms with E-state index in [0.29, 0.717) is 12.2 Å². The molecule has 3 heteroatoms. The number of Topliss-reactive ketones (excluding diaryl/α,β-unsaturated/α-hetero) is 1. The molecule has 0 bridgehead atoms. The summed E-state index contributed by atoms with van der Waals surface area (Å²) in [7, 11) is 0. The molecular formula is C14H29NOS. The van der Waals surface area contributed by atoms with Crippen LogP contribution in [0.15, 0.2) is 0 Å². The number of thioether (sulfide) groups is 1. The maximum Gasteiger partial charge on any atom is 0.150 e. The Bertz CT molecular complexity index is 220. The highest BCUT2D eigenvalue weighted by Crippen LogP contribution is 2.24. The van der Waals surface area contributed by atoms with Crippen molar-refractivity contribution in [3.05, 3.63) is 0 Å². The van der Waals surface area contributed by atoms with Crippen LogP contribution in [0.2, 0.25) is 0 Å². The van der Waals surface area contributed by atoms with Gasteiger partial charge in [0.1, 0.15) is 5.78 Å². The lowest BCUT2D eigenvalue weighted by Gasteiger charge is -2.26. The highest BCUT2D eigenvalue weighted by molar-refractivity contribution is 8.00. The molecule has 0 aliphatic carbocycles. The van der Waals surface area contributed by atoms with E-state index in [0.717, 1.165) is 12.3 Å². The molecule has 1 N–H and O–H groups in total. The number of hydrogen-bond donors (Lipinski definition) is 1. The van der Waals surface area contributed by atoms with Crippen LogP contribution >= 0.6 is 11.8 Å². The van der Waals surface area contributed by atoms with Gasteiger partial charge in [0.2, 0.25) is 0 Å². The van der Waals surface area contributed by atoms with Crippen molar-refractivity contribution in [3.8, 4) is 0 Å². The Morgan fingerprint density at radius 1 is 1.18 bits per heavy atom. The quantitative estimate of drug-likeness (QED) is 0.791. The fourth-order valence-electron chi connectivity index (χ4n) is 1.27. The van der Waals surface area contributed by atoms with Crippen LogP contribution in [0.4, 0.5) is 0 Å². The van der Waals surface area contributed by atoms with E-state index >= 15 is 0 Å². The van der Waals surface area contributed by atoms with Crippen LogP contribution in [-0.4, -0.2) is 28.9 Å². The van der Waals surface area contributed by atoms with Crippen molar-refractivity contribution in [1.29, 1.82) is 0 Å². The van der Waals surface area contributed by atoms with Crippen LogP contribution in [-0.2, 0) is 4.79 Å². The van der Waals surface area contributed by atoms with Crippen LogP contribution < -0.4 is 5.32 Å². The van der Waals surface area contributed by atoms with Gasteiger partial charge in [-0.3, -0.25) is 4.79 Å². The normalized spacial score (nSPS) is 14.8. The average molecular weight is 259 g/mol. The molecule has 1 atom stereocenters. The summed E-state index contributed by atoms with van der Waals surface area (Å²) in [5, 5.41) is 3.41. The molecule has 0 heterocycles. The molecule has 0 fully saturated rings. The van der Waals surface area contributed by atoms with Crippen molar-refractivity contribution in [2.45, 2.75) is 65.7 Å². The Labute approximate surface area is 111 Å². The van der Waals surface area contributed by atoms with E-state index in [1.165, 1.54) is 0 Å². The number of carbonyl (C=O) groups is 1. The molecule has 0 aromatic heterocycles. The molecule has 0 amide bonds. The summed E-state index contributed by atoms with van der Waals surface area (Å²) in [6, 6.07) is 0.00319. The molecule has 0 radical (unpaired) electrons. The first-order chi connectivity index (χ1) is 7.55. The molecule has 102 valence electrons. The summed E-state index contributed by atoms with van der Waals surface area (Å²) in [4.78, 5) is 11.9. The third-order valence-electron chi connectivity index (χ3n) is 2.30. The molecule has 0 spiro atoms. The molecule has 0 aliphatic heterocycles. The van der Waals surface area contributed by atoms with Gasteiger partial charge in [-0.05, 0) is 5.41 Å². The zero-order valence-corrected chi connectivity index (χ0v) is 13.3. The van der Waals surface area contributed by atoms with Gasteiger partial charge in [-0.15, -0.1) is 0 Å². The smallest absolute Gasteiger partial charge is 0.150 e. The maximum atomic E-state index is 11.9. The SMILES string of the molecule is CCC(=O)C(CSC(C)(C)C)NCC(C)(C)C. The Morgan fingerprint density at radius 2 is 1.71 bits per heavy atom. The first-order valence-corrected chi connectivity index (χ1v) is 7.44. The van der Waals surface area contributed by atoms with Gasteiger partial charge in [0.05, 0.1) is 6.04 Å². The molecule has 0 aliphatic rings. The molecule has 0 saturated heterocycles. The molecule has 17 heavy (non-hydrogen) atoms. The summed E-state index contributed by atoms with van der Waals surface area (Å²) in [5.41, 5.74) is 0.221. The van der Waals surface area contributed by atoms with Gasteiger partial charge < -0.3 is 5.32 Å². The first kappa shape index (κ1) is 17.0. The van der Waals surface area contributed by atoms with Crippen molar-refractivity contribution in [3.63, 3.8) is 0 Å².